The Bertz CT molecular complexity index is 1330. The largest absolute Gasteiger partial charge is 0.507 e. The van der Waals surface area contributed by atoms with Gasteiger partial charge in [-0.05, 0) is 55.3 Å². The summed E-state index contributed by atoms with van der Waals surface area (Å²) < 4.78 is 10.6. The molecule has 0 aromatic heterocycles. The number of rotatable bonds is 5. The number of ketones is 1. The Morgan fingerprint density at radius 2 is 1.59 bits per heavy atom. The highest BCUT2D eigenvalue weighted by atomic mass is 16.5. The number of ether oxygens (including phenoxy) is 2. The van der Waals surface area contributed by atoms with Crippen LogP contribution in [0, 0.1) is 13.8 Å². The molecule has 0 radical (unpaired) electrons. The van der Waals surface area contributed by atoms with Crippen molar-refractivity contribution in [3.63, 3.8) is 0 Å². The zero-order valence-electron chi connectivity index (χ0n) is 19.3. The van der Waals surface area contributed by atoms with E-state index in [1.807, 2.05) is 32.0 Å². The van der Waals surface area contributed by atoms with Gasteiger partial charge in [-0.25, -0.2) is 0 Å². The minimum Gasteiger partial charge on any atom is -0.507 e. The number of nitrogens with zero attached hydrogens (tertiary/aromatic N) is 1. The zero-order valence-corrected chi connectivity index (χ0v) is 19.3. The second-order valence-corrected chi connectivity index (χ2v) is 8.15. The van der Waals surface area contributed by atoms with Gasteiger partial charge in [-0.3, -0.25) is 14.5 Å². The topological polar surface area (TPSA) is 96.3 Å². The first-order chi connectivity index (χ1) is 16.3. The van der Waals surface area contributed by atoms with Gasteiger partial charge in [-0.1, -0.05) is 35.9 Å². The SMILES string of the molecule is COc1ccc(/C(O)=C2/C(=O)C(=O)N(c3cc(C)ccc3O)C2c2cccc(C)c2)cc1OC. The Morgan fingerprint density at radius 3 is 2.26 bits per heavy atom. The minimum atomic E-state index is -0.944. The van der Waals surface area contributed by atoms with Crippen LogP contribution in [0.4, 0.5) is 5.69 Å². The number of amides is 1. The molecule has 2 N–H and O–H groups in total. The quantitative estimate of drug-likeness (QED) is 0.328. The molecule has 1 fully saturated rings. The molecule has 1 heterocycles. The highest BCUT2D eigenvalue weighted by Gasteiger charge is 2.47. The van der Waals surface area contributed by atoms with Gasteiger partial charge in [0.15, 0.2) is 11.5 Å². The molecule has 174 valence electrons. The molecule has 34 heavy (non-hydrogen) atoms. The predicted molar refractivity (Wildman–Crippen MR) is 128 cm³/mol. The third kappa shape index (κ3) is 3.85. The number of aliphatic hydroxyl groups is 1. The first-order valence-corrected chi connectivity index (χ1v) is 10.7. The highest BCUT2D eigenvalue weighted by molar-refractivity contribution is 6.52. The summed E-state index contributed by atoms with van der Waals surface area (Å²) >= 11 is 0. The van der Waals surface area contributed by atoms with Gasteiger partial charge in [0.2, 0.25) is 0 Å². The lowest BCUT2D eigenvalue weighted by atomic mass is 9.94. The van der Waals surface area contributed by atoms with Crippen LogP contribution in [0.15, 0.2) is 66.2 Å². The average Bonchev–Trinajstić information content (AvgIpc) is 3.10. The van der Waals surface area contributed by atoms with Crippen molar-refractivity contribution < 1.29 is 29.3 Å². The Morgan fingerprint density at radius 1 is 0.882 bits per heavy atom. The van der Waals surface area contributed by atoms with Gasteiger partial charge < -0.3 is 19.7 Å². The predicted octanol–water partition coefficient (Wildman–Crippen LogP) is 4.65. The first-order valence-electron chi connectivity index (χ1n) is 10.7. The minimum absolute atomic E-state index is 0.0799. The van der Waals surface area contributed by atoms with Crippen LogP contribution in [0.5, 0.6) is 17.2 Å². The summed E-state index contributed by atoms with van der Waals surface area (Å²) in [6, 6.07) is 16.0. The molecule has 1 aliphatic heterocycles. The van der Waals surface area contributed by atoms with Crippen LogP contribution in [0.25, 0.3) is 5.76 Å². The Labute approximate surface area is 197 Å². The summed E-state index contributed by atoms with van der Waals surface area (Å²) in [5.74, 6) is -1.35. The fraction of sp³-hybridized carbons (Fsp3) is 0.185. The van der Waals surface area contributed by atoms with E-state index >= 15 is 0 Å². The molecule has 1 atom stereocenters. The number of phenols is 1. The van der Waals surface area contributed by atoms with Crippen LogP contribution < -0.4 is 14.4 Å². The Hall–Kier alpha value is -4.26. The number of benzene rings is 3. The summed E-state index contributed by atoms with van der Waals surface area (Å²) in [6.07, 6.45) is 0. The van der Waals surface area contributed by atoms with E-state index in [4.69, 9.17) is 9.47 Å². The molecule has 0 bridgehead atoms. The number of aliphatic hydroxyl groups excluding tert-OH is 1. The van der Waals surface area contributed by atoms with E-state index in [2.05, 4.69) is 0 Å². The van der Waals surface area contributed by atoms with Gasteiger partial charge in [0.05, 0.1) is 31.5 Å². The normalized spacial score (nSPS) is 17.2. The molecule has 1 amide bonds. The van der Waals surface area contributed by atoms with Crippen LogP contribution in [-0.4, -0.2) is 36.1 Å². The number of carbonyl (C=O) groups is 2. The maximum absolute atomic E-state index is 13.3. The third-order valence-electron chi connectivity index (χ3n) is 5.85. The van der Waals surface area contributed by atoms with Crippen molar-refractivity contribution in [2.45, 2.75) is 19.9 Å². The smallest absolute Gasteiger partial charge is 0.300 e. The summed E-state index contributed by atoms with van der Waals surface area (Å²) in [7, 11) is 2.96. The fourth-order valence-corrected chi connectivity index (χ4v) is 4.20. The van der Waals surface area contributed by atoms with Gasteiger partial charge in [0.1, 0.15) is 11.5 Å². The Kier molecular flexibility index (Phi) is 6.03. The number of Topliss-reactive ketones (excluding diaryl/α,β-unsaturated/α-hetero) is 1. The van der Waals surface area contributed by atoms with E-state index in [0.717, 1.165) is 11.1 Å². The van der Waals surface area contributed by atoms with Gasteiger partial charge in [-0.2, -0.15) is 0 Å². The molecule has 4 rings (SSSR count). The van der Waals surface area contributed by atoms with E-state index in [1.54, 1.807) is 36.4 Å². The van der Waals surface area contributed by atoms with Crippen molar-refractivity contribution in [3.05, 3.63) is 88.5 Å². The number of aromatic hydroxyl groups is 1. The molecule has 3 aromatic rings. The number of aryl methyl sites for hydroxylation is 2. The number of hydrogen-bond acceptors (Lipinski definition) is 6. The van der Waals surface area contributed by atoms with Crippen molar-refractivity contribution in [2.75, 3.05) is 19.1 Å². The molecule has 7 heteroatoms. The van der Waals surface area contributed by atoms with Crippen molar-refractivity contribution in [2.24, 2.45) is 0 Å². The maximum atomic E-state index is 13.3. The summed E-state index contributed by atoms with van der Waals surface area (Å²) in [4.78, 5) is 27.8. The molecule has 1 unspecified atom stereocenters. The highest BCUT2D eigenvalue weighted by Crippen LogP contribution is 2.45. The number of anilines is 1. The van der Waals surface area contributed by atoms with Gasteiger partial charge in [0, 0.05) is 5.56 Å². The van der Waals surface area contributed by atoms with E-state index in [0.29, 0.717) is 22.6 Å². The molecule has 1 saturated heterocycles. The summed E-state index contributed by atoms with van der Waals surface area (Å²) in [6.45, 7) is 3.72. The standard InChI is InChI=1S/C27H25NO6/c1-15-6-5-7-17(12-15)24-23(25(30)18-9-11-21(33-3)22(14-18)34-4)26(31)27(32)28(24)19-13-16(2)8-10-20(19)29/h5-14,24,29-30H,1-4H3/b25-23-. The van der Waals surface area contributed by atoms with Crippen LogP contribution in [0.1, 0.15) is 28.3 Å². The lowest BCUT2D eigenvalue weighted by Gasteiger charge is -2.26. The first kappa shape index (κ1) is 22.9. The number of phenolic OH excluding ortho intramolecular Hbond substituents is 1. The molecular weight excluding hydrogens is 434 g/mol. The number of hydrogen-bond donors (Lipinski definition) is 2. The molecule has 0 aliphatic carbocycles. The zero-order chi connectivity index (χ0) is 24.6. The van der Waals surface area contributed by atoms with Crippen LogP contribution >= 0.6 is 0 Å². The average molecular weight is 459 g/mol. The van der Waals surface area contributed by atoms with E-state index in [9.17, 15) is 19.8 Å². The summed E-state index contributed by atoms with van der Waals surface area (Å²) in [5.41, 5.74) is 2.76. The molecule has 3 aromatic carbocycles. The van der Waals surface area contributed by atoms with E-state index in [-0.39, 0.29) is 22.8 Å². The Balaban J connectivity index is 1.98. The second-order valence-electron chi connectivity index (χ2n) is 8.15. The molecule has 7 nitrogen and oxygen atoms in total. The van der Waals surface area contributed by atoms with Crippen molar-refractivity contribution in [3.8, 4) is 17.2 Å². The lowest BCUT2D eigenvalue weighted by molar-refractivity contribution is -0.132. The fourth-order valence-electron chi connectivity index (χ4n) is 4.20. The third-order valence-corrected chi connectivity index (χ3v) is 5.85. The lowest BCUT2D eigenvalue weighted by Crippen LogP contribution is -2.29. The van der Waals surface area contributed by atoms with Crippen LogP contribution in [0.2, 0.25) is 0 Å². The van der Waals surface area contributed by atoms with E-state index < -0.39 is 17.7 Å². The van der Waals surface area contributed by atoms with Crippen LogP contribution in [0.3, 0.4) is 0 Å². The van der Waals surface area contributed by atoms with Crippen molar-refractivity contribution in [1.82, 2.24) is 0 Å². The second kappa shape index (κ2) is 8.94. The van der Waals surface area contributed by atoms with Crippen molar-refractivity contribution >= 4 is 23.1 Å². The maximum Gasteiger partial charge on any atom is 0.300 e. The monoisotopic (exact) mass is 459 g/mol. The molecule has 1 aliphatic rings. The van der Waals surface area contributed by atoms with Gasteiger partial charge >= 0.3 is 0 Å². The van der Waals surface area contributed by atoms with Gasteiger partial charge in [0.25, 0.3) is 11.7 Å². The van der Waals surface area contributed by atoms with Gasteiger partial charge in [-0.15, -0.1) is 0 Å². The molecule has 0 saturated carbocycles. The number of carbonyl (C=O) groups excluding carboxylic acids is 2. The number of methoxy groups -OCH3 is 2. The van der Waals surface area contributed by atoms with Crippen LogP contribution in [-0.2, 0) is 9.59 Å². The molecule has 0 spiro atoms. The van der Waals surface area contributed by atoms with Crippen molar-refractivity contribution in [1.29, 1.82) is 0 Å². The molecular formula is C27H25NO6. The summed E-state index contributed by atoms with van der Waals surface area (Å²) in [5, 5.41) is 21.9. The van der Waals surface area contributed by atoms with E-state index in [1.165, 1.54) is 25.2 Å².